The standard InChI is InChI=1S/C33H26N2O6/c1-40-26-16-24-28(20-12-8-6-10-18(20)26)34-32(38)22(30(24)36)14-4-3-5-15-23-31(37)25-17-27(41-2)19-11-7-9-13-21(19)29(25)35-33(23)39/h3-17,26,28H,1-2H3,(H,34,38)(H2,35,37,39). The summed E-state index contributed by atoms with van der Waals surface area (Å²) >= 11 is 0. The van der Waals surface area contributed by atoms with Crippen LogP contribution in [0.2, 0.25) is 0 Å². The Kier molecular flexibility index (Phi) is 6.61. The van der Waals surface area contributed by atoms with Crippen LogP contribution >= 0.6 is 0 Å². The van der Waals surface area contributed by atoms with Crippen LogP contribution in [0.1, 0.15) is 28.8 Å². The van der Waals surface area contributed by atoms with Gasteiger partial charge < -0.3 is 24.9 Å². The van der Waals surface area contributed by atoms with Gasteiger partial charge in [-0.2, -0.15) is 0 Å². The number of rotatable bonds is 5. The summed E-state index contributed by atoms with van der Waals surface area (Å²) in [5, 5.41) is 15.9. The maximum atomic E-state index is 13.3. The molecule has 2 atom stereocenters. The van der Waals surface area contributed by atoms with Crippen molar-refractivity contribution in [1.29, 1.82) is 0 Å². The molecule has 41 heavy (non-hydrogen) atoms. The van der Waals surface area contributed by atoms with Crippen LogP contribution in [-0.4, -0.2) is 36.0 Å². The third kappa shape index (κ3) is 4.34. The highest BCUT2D eigenvalue weighted by Crippen LogP contribution is 2.40. The number of H-pyrrole nitrogens is 1. The van der Waals surface area contributed by atoms with Gasteiger partial charge in [-0.1, -0.05) is 66.8 Å². The van der Waals surface area contributed by atoms with E-state index in [1.54, 1.807) is 38.5 Å². The highest BCUT2D eigenvalue weighted by atomic mass is 16.5. The molecule has 4 aromatic rings. The Morgan fingerprint density at radius 3 is 2.37 bits per heavy atom. The van der Waals surface area contributed by atoms with Crippen molar-refractivity contribution in [3.05, 3.63) is 123 Å². The van der Waals surface area contributed by atoms with Crippen LogP contribution in [0.5, 0.6) is 11.5 Å². The lowest BCUT2D eigenvalue weighted by Gasteiger charge is -2.34. The molecule has 1 amide bonds. The van der Waals surface area contributed by atoms with E-state index in [9.17, 15) is 19.5 Å². The van der Waals surface area contributed by atoms with Crippen molar-refractivity contribution in [3.63, 3.8) is 0 Å². The van der Waals surface area contributed by atoms with E-state index in [-0.39, 0.29) is 28.8 Å². The SMILES string of the molecule is COc1cc2c(O)c(C=CC=CC=C3C(=O)NC4C(=CC(OC)c5ccccc54)C3=O)c(=O)[nH]c2c2ccccc12. The minimum Gasteiger partial charge on any atom is -0.506 e. The van der Waals surface area contributed by atoms with E-state index in [0.717, 1.165) is 21.9 Å². The zero-order chi connectivity index (χ0) is 28.7. The smallest absolute Gasteiger partial charge is 0.259 e. The Morgan fingerprint density at radius 2 is 1.61 bits per heavy atom. The van der Waals surface area contributed by atoms with Crippen LogP contribution < -0.4 is 15.6 Å². The molecule has 0 saturated carbocycles. The normalized spacial score (nSPS) is 19.6. The molecule has 8 heteroatoms. The Bertz CT molecular complexity index is 1930. The summed E-state index contributed by atoms with van der Waals surface area (Å²) in [4.78, 5) is 41.9. The lowest BCUT2D eigenvalue weighted by Crippen LogP contribution is -2.43. The number of fused-ring (bicyclic) bond motifs is 6. The van der Waals surface area contributed by atoms with Gasteiger partial charge in [0.2, 0.25) is 0 Å². The summed E-state index contributed by atoms with van der Waals surface area (Å²) < 4.78 is 11.1. The predicted molar refractivity (Wildman–Crippen MR) is 157 cm³/mol. The fraction of sp³-hybridized carbons (Fsp3) is 0.121. The molecule has 3 N–H and O–H groups in total. The van der Waals surface area contributed by atoms with E-state index in [2.05, 4.69) is 10.3 Å². The number of methoxy groups -OCH3 is 2. The summed E-state index contributed by atoms with van der Waals surface area (Å²) in [6.07, 6.45) is 8.93. The van der Waals surface area contributed by atoms with E-state index in [1.165, 1.54) is 18.2 Å². The van der Waals surface area contributed by atoms with Gasteiger partial charge in [0, 0.05) is 28.8 Å². The topological polar surface area (TPSA) is 118 Å². The molecule has 2 unspecified atom stereocenters. The lowest BCUT2D eigenvalue weighted by atomic mass is 9.79. The summed E-state index contributed by atoms with van der Waals surface area (Å²) in [5.74, 6) is -0.446. The average molecular weight is 547 g/mol. The molecule has 204 valence electrons. The highest BCUT2D eigenvalue weighted by molar-refractivity contribution is 6.28. The first-order valence-electron chi connectivity index (χ1n) is 13.0. The van der Waals surface area contributed by atoms with E-state index >= 15 is 0 Å². The van der Waals surface area contributed by atoms with Gasteiger partial charge in [0.05, 0.1) is 29.8 Å². The van der Waals surface area contributed by atoms with E-state index in [0.29, 0.717) is 22.2 Å². The number of ketones is 1. The van der Waals surface area contributed by atoms with Crippen molar-refractivity contribution < 1.29 is 24.2 Å². The van der Waals surface area contributed by atoms with E-state index in [1.807, 2.05) is 48.5 Å². The fourth-order valence-electron chi connectivity index (χ4n) is 5.51. The fourth-order valence-corrected chi connectivity index (χ4v) is 5.51. The number of hydrogen-bond acceptors (Lipinski definition) is 6. The third-order valence-corrected chi connectivity index (χ3v) is 7.50. The number of ether oxygens (including phenoxy) is 2. The summed E-state index contributed by atoms with van der Waals surface area (Å²) in [6.45, 7) is 0. The van der Waals surface area contributed by atoms with Crippen LogP contribution in [0.15, 0.2) is 101 Å². The van der Waals surface area contributed by atoms with Crippen molar-refractivity contribution in [2.24, 2.45) is 0 Å². The molecule has 1 aliphatic carbocycles. The molecule has 1 fully saturated rings. The number of aromatic amines is 1. The molecule has 1 saturated heterocycles. The highest BCUT2D eigenvalue weighted by Gasteiger charge is 2.39. The van der Waals surface area contributed by atoms with Gasteiger partial charge in [-0.3, -0.25) is 14.4 Å². The monoisotopic (exact) mass is 546 g/mol. The minimum absolute atomic E-state index is 0.00300. The number of pyridine rings is 1. The van der Waals surface area contributed by atoms with Crippen molar-refractivity contribution >= 4 is 39.4 Å². The molecule has 1 aliphatic heterocycles. The molecule has 0 bridgehead atoms. The molecular weight excluding hydrogens is 520 g/mol. The first kappa shape index (κ1) is 26.0. The number of aromatic nitrogens is 1. The molecular formula is C33H26N2O6. The van der Waals surface area contributed by atoms with Gasteiger partial charge >= 0.3 is 0 Å². The number of nitrogens with one attached hydrogen (secondary N) is 2. The second-order valence-electron chi connectivity index (χ2n) is 9.73. The Hall–Kier alpha value is -5.21. The second kappa shape index (κ2) is 10.4. The van der Waals surface area contributed by atoms with Crippen molar-refractivity contribution in [1.82, 2.24) is 10.3 Å². The van der Waals surface area contributed by atoms with Gasteiger partial charge in [-0.25, -0.2) is 0 Å². The molecule has 2 aliphatic rings. The van der Waals surface area contributed by atoms with E-state index in [4.69, 9.17) is 9.47 Å². The Morgan fingerprint density at radius 1 is 0.878 bits per heavy atom. The zero-order valence-electron chi connectivity index (χ0n) is 22.3. The number of carbonyl (C=O) groups excluding carboxylic acids is 2. The van der Waals surface area contributed by atoms with Gasteiger partial charge in [0.25, 0.3) is 11.5 Å². The van der Waals surface area contributed by atoms with Crippen molar-refractivity contribution in [2.45, 2.75) is 12.1 Å². The lowest BCUT2D eigenvalue weighted by molar-refractivity contribution is -0.123. The number of hydrogen-bond donors (Lipinski definition) is 3. The number of amides is 1. The second-order valence-corrected chi connectivity index (χ2v) is 9.73. The number of carbonyl (C=O) groups is 2. The summed E-state index contributed by atoms with van der Waals surface area (Å²) in [7, 11) is 3.13. The maximum Gasteiger partial charge on any atom is 0.259 e. The maximum absolute atomic E-state index is 13.3. The molecule has 2 heterocycles. The van der Waals surface area contributed by atoms with Crippen molar-refractivity contribution in [3.8, 4) is 11.5 Å². The summed E-state index contributed by atoms with van der Waals surface area (Å²) in [5.41, 5.74) is 2.32. The first-order valence-corrected chi connectivity index (χ1v) is 13.0. The van der Waals surface area contributed by atoms with Gasteiger partial charge in [-0.05, 0) is 35.4 Å². The Balaban J connectivity index is 1.28. The molecule has 6 rings (SSSR count). The van der Waals surface area contributed by atoms with Crippen LogP contribution in [0.3, 0.4) is 0 Å². The average Bonchev–Trinajstić information content (AvgIpc) is 2.99. The van der Waals surface area contributed by atoms with E-state index < -0.39 is 17.5 Å². The molecule has 8 nitrogen and oxygen atoms in total. The third-order valence-electron chi connectivity index (χ3n) is 7.50. The number of allylic oxidation sites excluding steroid dienone is 4. The first-order chi connectivity index (χ1) is 19.9. The van der Waals surface area contributed by atoms with Crippen molar-refractivity contribution in [2.75, 3.05) is 14.2 Å². The predicted octanol–water partition coefficient (Wildman–Crippen LogP) is 4.96. The molecule has 0 spiro atoms. The van der Waals surface area contributed by atoms with Crippen LogP contribution in [-0.2, 0) is 14.3 Å². The zero-order valence-corrected chi connectivity index (χ0v) is 22.3. The molecule has 1 aromatic heterocycles. The number of Topliss-reactive ketones (excluding diaryl/α,β-unsaturated/α-hetero) is 1. The Labute approximate surface area is 234 Å². The largest absolute Gasteiger partial charge is 0.506 e. The molecule has 0 radical (unpaired) electrons. The van der Waals surface area contributed by atoms with Crippen LogP contribution in [0.25, 0.3) is 27.8 Å². The summed E-state index contributed by atoms with van der Waals surface area (Å²) in [6, 6.07) is 16.2. The van der Waals surface area contributed by atoms with Crippen LogP contribution in [0, 0.1) is 0 Å². The molecule has 3 aromatic carbocycles. The quantitative estimate of drug-likeness (QED) is 0.141. The number of aromatic hydroxyl groups is 1. The number of benzene rings is 3. The van der Waals surface area contributed by atoms with Gasteiger partial charge in [-0.15, -0.1) is 0 Å². The van der Waals surface area contributed by atoms with Gasteiger partial charge in [0.1, 0.15) is 17.6 Å². The minimum atomic E-state index is -0.531. The van der Waals surface area contributed by atoms with Crippen LogP contribution in [0.4, 0.5) is 0 Å². The van der Waals surface area contributed by atoms with Gasteiger partial charge in [0.15, 0.2) is 5.78 Å². The number of piperidine rings is 1.